The zero-order chi connectivity index (χ0) is 5.56. The minimum atomic E-state index is 0.827. The minimum absolute atomic E-state index is 0.827. The molecule has 0 N–H and O–H groups in total. The van der Waals surface area contributed by atoms with E-state index in [1.54, 1.807) is 5.01 Å². The van der Waals surface area contributed by atoms with Crippen molar-refractivity contribution in [2.45, 2.75) is 6.42 Å². The van der Waals surface area contributed by atoms with E-state index in [2.05, 4.69) is 5.29 Å². The van der Waals surface area contributed by atoms with Gasteiger partial charge in [-0.3, -0.25) is 5.01 Å². The average molecular weight is 112 g/mol. The summed E-state index contributed by atoms with van der Waals surface area (Å²) < 4.78 is 0. The summed E-state index contributed by atoms with van der Waals surface area (Å²) in [5.74, 6) is 1.65. The van der Waals surface area contributed by atoms with E-state index >= 15 is 0 Å². The summed E-state index contributed by atoms with van der Waals surface area (Å²) >= 11 is 0. The lowest BCUT2D eigenvalue weighted by Crippen LogP contribution is -2.14. The van der Waals surface area contributed by atoms with Crippen molar-refractivity contribution < 1.29 is 0 Å². The van der Waals surface area contributed by atoms with Crippen LogP contribution in [0.3, 0.4) is 0 Å². The van der Waals surface area contributed by atoms with Crippen LogP contribution in [-0.2, 0) is 0 Å². The number of fused-ring (bicyclic) bond motifs is 1. The zero-order valence-corrected chi connectivity index (χ0v) is 4.58. The summed E-state index contributed by atoms with van der Waals surface area (Å²) in [6.45, 7) is 1.85. The smallest absolute Gasteiger partial charge is 0.0524 e. The van der Waals surface area contributed by atoms with Gasteiger partial charge in [0.2, 0.25) is 0 Å². The van der Waals surface area contributed by atoms with Gasteiger partial charge in [0.15, 0.2) is 0 Å². The van der Waals surface area contributed by atoms with Gasteiger partial charge in [-0.1, -0.05) is 0 Å². The van der Waals surface area contributed by atoms with Crippen LogP contribution in [0.5, 0.6) is 0 Å². The quantitative estimate of drug-likeness (QED) is 0.466. The SMILES string of the molecule is O=NN1CC2CC2C1. The Hall–Kier alpha value is -0.600. The van der Waals surface area contributed by atoms with Crippen LogP contribution >= 0.6 is 0 Å². The monoisotopic (exact) mass is 112 g/mol. The molecule has 0 bridgehead atoms. The number of piperidine rings is 1. The third-order valence-electron chi connectivity index (χ3n) is 2.08. The number of nitroso groups, excluding NO2 is 1. The second-order valence-electron chi connectivity index (χ2n) is 2.71. The average Bonchev–Trinajstić information content (AvgIpc) is 2.40. The Bertz CT molecular complexity index is 116. The van der Waals surface area contributed by atoms with E-state index in [-0.39, 0.29) is 0 Å². The van der Waals surface area contributed by atoms with Crippen molar-refractivity contribution in [2.75, 3.05) is 13.1 Å². The maximum atomic E-state index is 9.85. The molecule has 0 aromatic carbocycles. The Morgan fingerprint density at radius 2 is 2.00 bits per heavy atom. The van der Waals surface area contributed by atoms with E-state index in [9.17, 15) is 4.91 Å². The molecule has 2 rings (SSSR count). The van der Waals surface area contributed by atoms with Gasteiger partial charge >= 0.3 is 0 Å². The van der Waals surface area contributed by atoms with Crippen molar-refractivity contribution in [1.82, 2.24) is 5.01 Å². The van der Waals surface area contributed by atoms with Gasteiger partial charge in [0.25, 0.3) is 0 Å². The third kappa shape index (κ3) is 0.441. The molecule has 1 aliphatic carbocycles. The second-order valence-corrected chi connectivity index (χ2v) is 2.71. The molecule has 1 saturated heterocycles. The van der Waals surface area contributed by atoms with E-state index in [1.807, 2.05) is 0 Å². The fourth-order valence-electron chi connectivity index (χ4n) is 1.44. The fourth-order valence-corrected chi connectivity index (χ4v) is 1.44. The standard InChI is InChI=1S/C5H8N2O/c8-6-7-2-4-1-5(4)3-7/h4-5H,1-3H2. The van der Waals surface area contributed by atoms with Crippen LogP contribution in [0.15, 0.2) is 5.29 Å². The fraction of sp³-hybridized carbons (Fsp3) is 1.00. The van der Waals surface area contributed by atoms with Crippen LogP contribution in [0.25, 0.3) is 0 Å². The molecule has 1 heterocycles. The Labute approximate surface area is 47.6 Å². The molecule has 2 atom stereocenters. The number of rotatable bonds is 1. The molecule has 3 nitrogen and oxygen atoms in total. The van der Waals surface area contributed by atoms with E-state index in [1.165, 1.54) is 6.42 Å². The molecule has 0 spiro atoms. The molecule has 1 saturated carbocycles. The molecule has 2 aliphatic rings. The zero-order valence-electron chi connectivity index (χ0n) is 4.58. The van der Waals surface area contributed by atoms with Crippen LogP contribution in [0, 0.1) is 16.7 Å². The molecule has 3 heteroatoms. The van der Waals surface area contributed by atoms with Gasteiger partial charge in [0.05, 0.1) is 5.29 Å². The molecule has 1 aliphatic heterocycles. The topological polar surface area (TPSA) is 32.7 Å². The highest BCUT2D eigenvalue weighted by atomic mass is 16.3. The Kier molecular flexibility index (Phi) is 0.652. The Balaban J connectivity index is 1.98. The first-order valence-corrected chi connectivity index (χ1v) is 2.98. The first-order chi connectivity index (χ1) is 3.90. The molecule has 2 unspecified atom stereocenters. The normalized spacial score (nSPS) is 41.8. The largest absolute Gasteiger partial charge is 0.260 e. The van der Waals surface area contributed by atoms with Crippen molar-refractivity contribution in [3.05, 3.63) is 4.91 Å². The first kappa shape index (κ1) is 4.30. The highest BCUT2D eigenvalue weighted by Gasteiger charge is 2.45. The lowest BCUT2D eigenvalue weighted by Gasteiger charge is -2.05. The van der Waals surface area contributed by atoms with Gasteiger partial charge < -0.3 is 0 Å². The molecule has 0 aromatic rings. The van der Waals surface area contributed by atoms with Crippen molar-refractivity contribution in [3.8, 4) is 0 Å². The van der Waals surface area contributed by atoms with Gasteiger partial charge in [-0.2, -0.15) is 0 Å². The van der Waals surface area contributed by atoms with Crippen molar-refractivity contribution in [1.29, 1.82) is 0 Å². The van der Waals surface area contributed by atoms with Crippen molar-refractivity contribution in [3.63, 3.8) is 0 Å². The van der Waals surface area contributed by atoms with Gasteiger partial charge in [-0.05, 0) is 18.3 Å². The molecule has 44 valence electrons. The van der Waals surface area contributed by atoms with Gasteiger partial charge in [-0.15, -0.1) is 4.91 Å². The van der Waals surface area contributed by atoms with Gasteiger partial charge in [0.1, 0.15) is 0 Å². The minimum Gasteiger partial charge on any atom is -0.260 e. The van der Waals surface area contributed by atoms with E-state index in [0.29, 0.717) is 0 Å². The van der Waals surface area contributed by atoms with Crippen LogP contribution in [-0.4, -0.2) is 18.1 Å². The Morgan fingerprint density at radius 1 is 1.38 bits per heavy atom. The maximum absolute atomic E-state index is 9.85. The lowest BCUT2D eigenvalue weighted by molar-refractivity contribution is 0.317. The predicted octanol–water partition coefficient (Wildman–Crippen LogP) is 0.620. The summed E-state index contributed by atoms with van der Waals surface area (Å²) in [4.78, 5) is 9.85. The summed E-state index contributed by atoms with van der Waals surface area (Å²) in [5, 5.41) is 4.48. The molecular weight excluding hydrogens is 104 g/mol. The van der Waals surface area contributed by atoms with Crippen LogP contribution in [0.2, 0.25) is 0 Å². The number of nitrogens with zero attached hydrogens (tertiary/aromatic N) is 2. The summed E-state index contributed by atoms with van der Waals surface area (Å²) in [5.41, 5.74) is 0. The lowest BCUT2D eigenvalue weighted by atomic mass is 10.4. The summed E-state index contributed by atoms with van der Waals surface area (Å²) in [6.07, 6.45) is 1.34. The highest BCUT2D eigenvalue weighted by molar-refractivity contribution is 4.95. The highest BCUT2D eigenvalue weighted by Crippen LogP contribution is 2.44. The van der Waals surface area contributed by atoms with E-state index in [0.717, 1.165) is 24.9 Å². The van der Waals surface area contributed by atoms with Crippen LogP contribution in [0.4, 0.5) is 0 Å². The first-order valence-electron chi connectivity index (χ1n) is 2.98. The number of hydrogen-bond donors (Lipinski definition) is 0. The molecule has 0 radical (unpaired) electrons. The molecule has 2 fully saturated rings. The van der Waals surface area contributed by atoms with Gasteiger partial charge in [0, 0.05) is 13.1 Å². The van der Waals surface area contributed by atoms with Crippen molar-refractivity contribution in [2.24, 2.45) is 17.1 Å². The number of hydrogen-bond acceptors (Lipinski definition) is 2. The van der Waals surface area contributed by atoms with Crippen LogP contribution in [0.1, 0.15) is 6.42 Å². The van der Waals surface area contributed by atoms with Gasteiger partial charge in [-0.25, -0.2) is 0 Å². The summed E-state index contributed by atoms with van der Waals surface area (Å²) in [6, 6.07) is 0. The maximum Gasteiger partial charge on any atom is 0.0524 e. The molecule has 0 aromatic heterocycles. The van der Waals surface area contributed by atoms with E-state index in [4.69, 9.17) is 0 Å². The van der Waals surface area contributed by atoms with Crippen molar-refractivity contribution >= 4 is 0 Å². The third-order valence-corrected chi connectivity index (χ3v) is 2.08. The molecular formula is C5H8N2O. The van der Waals surface area contributed by atoms with Crippen LogP contribution < -0.4 is 0 Å². The second kappa shape index (κ2) is 1.21. The predicted molar refractivity (Wildman–Crippen MR) is 29.0 cm³/mol. The van der Waals surface area contributed by atoms with E-state index < -0.39 is 0 Å². The molecule has 0 amide bonds. The Morgan fingerprint density at radius 3 is 2.38 bits per heavy atom. The summed E-state index contributed by atoms with van der Waals surface area (Å²) in [7, 11) is 0. The molecule has 8 heavy (non-hydrogen) atoms.